The van der Waals surface area contributed by atoms with Crippen molar-refractivity contribution in [1.29, 1.82) is 5.41 Å². The quantitative estimate of drug-likeness (QED) is 0.120. The number of esters is 2. The van der Waals surface area contributed by atoms with Crippen LogP contribution in [-0.4, -0.2) is 30.2 Å². The molecule has 4 aromatic rings. The summed E-state index contributed by atoms with van der Waals surface area (Å²) in [5, 5.41) is 7.64. The number of nitrogens with two attached hydrogens (primary N) is 1. The van der Waals surface area contributed by atoms with Crippen LogP contribution < -0.4 is 15.4 Å². The summed E-state index contributed by atoms with van der Waals surface area (Å²) in [5.41, 5.74) is 10.3. The molecule has 210 valence electrons. The van der Waals surface area contributed by atoms with E-state index in [1.165, 1.54) is 29.2 Å². The zero-order valence-corrected chi connectivity index (χ0v) is 22.8. The van der Waals surface area contributed by atoms with Crippen LogP contribution in [0.4, 0.5) is 5.69 Å². The van der Waals surface area contributed by atoms with Crippen molar-refractivity contribution in [3.8, 4) is 5.75 Å². The van der Waals surface area contributed by atoms with E-state index in [0.717, 1.165) is 22.3 Å². The van der Waals surface area contributed by atoms with E-state index in [2.05, 4.69) is 0 Å². The summed E-state index contributed by atoms with van der Waals surface area (Å²) in [6.45, 7) is -0.172. The van der Waals surface area contributed by atoms with Crippen molar-refractivity contribution in [2.45, 2.75) is 19.4 Å². The van der Waals surface area contributed by atoms with Gasteiger partial charge in [0.05, 0.1) is 5.56 Å². The van der Waals surface area contributed by atoms with E-state index in [0.29, 0.717) is 29.8 Å². The maximum Gasteiger partial charge on any atom is 0.343 e. The zero-order valence-electron chi connectivity index (χ0n) is 22.8. The molecule has 0 bridgehead atoms. The van der Waals surface area contributed by atoms with Crippen LogP contribution >= 0.6 is 0 Å². The highest BCUT2D eigenvalue weighted by Crippen LogP contribution is 2.28. The lowest BCUT2D eigenvalue weighted by Gasteiger charge is -2.22. The number of benzene rings is 4. The minimum atomic E-state index is -0.561. The fourth-order valence-electron chi connectivity index (χ4n) is 4.62. The second-order valence-electron chi connectivity index (χ2n) is 9.78. The molecule has 8 nitrogen and oxygen atoms in total. The van der Waals surface area contributed by atoms with Crippen molar-refractivity contribution in [3.05, 3.63) is 137 Å². The van der Waals surface area contributed by atoms with Gasteiger partial charge in [0, 0.05) is 11.3 Å². The number of nitrogens with one attached hydrogen (secondary N) is 1. The average molecular weight is 560 g/mol. The van der Waals surface area contributed by atoms with Crippen molar-refractivity contribution < 1.29 is 23.9 Å². The third kappa shape index (κ3) is 6.79. The Kier molecular flexibility index (Phi) is 8.53. The van der Waals surface area contributed by atoms with Crippen LogP contribution in [-0.2, 0) is 22.6 Å². The van der Waals surface area contributed by atoms with E-state index in [1.54, 1.807) is 30.3 Å². The van der Waals surface area contributed by atoms with Gasteiger partial charge in [-0.25, -0.2) is 4.79 Å². The van der Waals surface area contributed by atoms with Crippen LogP contribution in [0.1, 0.15) is 43.8 Å². The van der Waals surface area contributed by atoms with Gasteiger partial charge >= 0.3 is 11.9 Å². The highest BCUT2D eigenvalue weighted by molar-refractivity contribution is 6.08. The van der Waals surface area contributed by atoms with Crippen molar-refractivity contribution in [2.75, 3.05) is 11.4 Å². The molecule has 0 aromatic heterocycles. The largest absolute Gasteiger partial charge is 0.459 e. The van der Waals surface area contributed by atoms with E-state index in [4.69, 9.17) is 20.6 Å². The zero-order chi connectivity index (χ0) is 29.5. The lowest BCUT2D eigenvalue weighted by molar-refractivity contribution is -0.143. The first-order valence-electron chi connectivity index (χ1n) is 13.4. The number of anilines is 1. The molecule has 0 aliphatic heterocycles. The lowest BCUT2D eigenvalue weighted by Crippen LogP contribution is -2.36. The predicted molar refractivity (Wildman–Crippen MR) is 160 cm³/mol. The first kappa shape index (κ1) is 28.0. The van der Waals surface area contributed by atoms with Gasteiger partial charge in [0.2, 0.25) is 0 Å². The number of aryl methyl sites for hydroxylation is 1. The standard InChI is InChI=1S/C34H29N3O5/c35-32(36)28-16-15-27-20-30(18-17-26(27)19-28)42-34(40)25-13-11-24(12-14-25)33(39)37(29-9-5-2-6-10-29)21-31(38)41-22-23-7-3-1-4-8-23/h1-14,17-20H,15-16,21-22H2,(H3,35,36). The predicted octanol–water partition coefficient (Wildman–Crippen LogP) is 5.56. The smallest absolute Gasteiger partial charge is 0.343 e. The number of amides is 1. The van der Waals surface area contributed by atoms with Crippen LogP contribution in [0.5, 0.6) is 5.75 Å². The average Bonchev–Trinajstić information content (AvgIpc) is 3.03. The molecular weight excluding hydrogens is 530 g/mol. The molecule has 0 radical (unpaired) electrons. The van der Waals surface area contributed by atoms with E-state index in [1.807, 2.05) is 54.6 Å². The molecule has 0 fully saturated rings. The maximum atomic E-state index is 13.5. The SMILES string of the molecule is N=C(N)C1=Cc2ccc(OC(=O)c3ccc(C(=O)N(CC(=O)OCc4ccccc4)c4ccccc4)cc3)cc2CC1. The molecule has 8 heteroatoms. The number of carbonyl (C=O) groups excluding carboxylic acids is 3. The first-order chi connectivity index (χ1) is 20.4. The van der Waals surface area contributed by atoms with Gasteiger partial charge in [-0.2, -0.15) is 0 Å². The molecule has 5 rings (SSSR count). The maximum absolute atomic E-state index is 13.5. The second-order valence-corrected chi connectivity index (χ2v) is 9.78. The van der Waals surface area contributed by atoms with Crippen LogP contribution in [0, 0.1) is 5.41 Å². The Bertz CT molecular complexity index is 1650. The number of ether oxygens (including phenoxy) is 2. The summed E-state index contributed by atoms with van der Waals surface area (Å²) in [5.74, 6) is -1.05. The molecule has 1 aliphatic rings. The minimum Gasteiger partial charge on any atom is -0.459 e. The first-order valence-corrected chi connectivity index (χ1v) is 13.4. The van der Waals surface area contributed by atoms with Crippen LogP contribution in [0.2, 0.25) is 0 Å². The minimum absolute atomic E-state index is 0.0629. The van der Waals surface area contributed by atoms with Crippen molar-refractivity contribution in [1.82, 2.24) is 0 Å². The van der Waals surface area contributed by atoms with Gasteiger partial charge in [-0.15, -0.1) is 0 Å². The summed E-state index contributed by atoms with van der Waals surface area (Å²) in [6, 6.07) is 29.6. The van der Waals surface area contributed by atoms with Gasteiger partial charge in [-0.1, -0.05) is 54.6 Å². The van der Waals surface area contributed by atoms with E-state index in [9.17, 15) is 14.4 Å². The topological polar surface area (TPSA) is 123 Å². The number of hydrogen-bond acceptors (Lipinski definition) is 6. The third-order valence-corrected chi connectivity index (χ3v) is 6.87. The summed E-state index contributed by atoms with van der Waals surface area (Å²) >= 11 is 0. The van der Waals surface area contributed by atoms with Gasteiger partial charge in [0.25, 0.3) is 5.91 Å². The summed E-state index contributed by atoms with van der Waals surface area (Å²) in [6.07, 6.45) is 3.23. The highest BCUT2D eigenvalue weighted by Gasteiger charge is 2.22. The van der Waals surface area contributed by atoms with Gasteiger partial charge < -0.3 is 15.2 Å². The Morgan fingerprint density at radius 3 is 2.17 bits per heavy atom. The second kappa shape index (κ2) is 12.8. The van der Waals surface area contributed by atoms with Gasteiger partial charge in [-0.3, -0.25) is 19.9 Å². The summed E-state index contributed by atoms with van der Waals surface area (Å²) < 4.78 is 11.0. The number of fused-ring (bicyclic) bond motifs is 1. The summed E-state index contributed by atoms with van der Waals surface area (Å²) in [4.78, 5) is 40.4. The highest BCUT2D eigenvalue weighted by atomic mass is 16.5. The van der Waals surface area contributed by atoms with E-state index in [-0.39, 0.29) is 24.6 Å². The Labute approximate surface area is 243 Å². The molecule has 0 saturated carbocycles. The number of nitrogens with zero attached hydrogens (tertiary/aromatic N) is 1. The molecule has 42 heavy (non-hydrogen) atoms. The fraction of sp³-hybridized carbons (Fsp3) is 0.118. The van der Waals surface area contributed by atoms with Crippen molar-refractivity contribution in [3.63, 3.8) is 0 Å². The molecule has 1 aliphatic carbocycles. The van der Waals surface area contributed by atoms with Crippen LogP contribution in [0.25, 0.3) is 6.08 Å². The van der Waals surface area contributed by atoms with Crippen LogP contribution in [0.15, 0.2) is 109 Å². The molecule has 0 heterocycles. The number of amidine groups is 1. The Morgan fingerprint density at radius 2 is 1.48 bits per heavy atom. The van der Waals surface area contributed by atoms with E-state index >= 15 is 0 Å². The molecule has 0 saturated heterocycles. The van der Waals surface area contributed by atoms with Gasteiger partial charge in [-0.05, 0) is 89.7 Å². The van der Waals surface area contributed by atoms with Gasteiger partial charge in [0.1, 0.15) is 24.7 Å². The van der Waals surface area contributed by atoms with Crippen molar-refractivity contribution in [2.24, 2.45) is 5.73 Å². The molecule has 3 N–H and O–H groups in total. The van der Waals surface area contributed by atoms with Gasteiger partial charge in [0.15, 0.2) is 0 Å². The molecule has 0 spiro atoms. The van der Waals surface area contributed by atoms with Crippen LogP contribution in [0.3, 0.4) is 0 Å². The molecule has 1 amide bonds. The normalized spacial score (nSPS) is 12.0. The number of rotatable bonds is 9. The van der Waals surface area contributed by atoms with E-state index < -0.39 is 17.8 Å². The monoisotopic (exact) mass is 559 g/mol. The Morgan fingerprint density at radius 1 is 0.810 bits per heavy atom. The molecule has 0 atom stereocenters. The number of carbonyl (C=O) groups is 3. The summed E-state index contributed by atoms with van der Waals surface area (Å²) in [7, 11) is 0. The lowest BCUT2D eigenvalue weighted by atomic mass is 9.91. The molecule has 4 aromatic carbocycles. The van der Waals surface area contributed by atoms with Crippen molar-refractivity contribution >= 4 is 35.4 Å². The number of hydrogen-bond donors (Lipinski definition) is 2. The third-order valence-electron chi connectivity index (χ3n) is 6.87. The Hall–Kier alpha value is -5.50. The molecular formula is C34H29N3O5. The molecule has 0 unspecified atom stereocenters. The Balaban J connectivity index is 1.26. The number of para-hydroxylation sites is 1. The fourth-order valence-corrected chi connectivity index (χ4v) is 4.62.